The highest BCUT2D eigenvalue weighted by molar-refractivity contribution is 7.86. The molecule has 1 heterocycles. The lowest BCUT2D eigenvalue weighted by Gasteiger charge is -2.27. The summed E-state index contributed by atoms with van der Waals surface area (Å²) in [5, 5.41) is 4.91. The van der Waals surface area contributed by atoms with Crippen molar-refractivity contribution in [1.82, 2.24) is 4.31 Å². The van der Waals surface area contributed by atoms with Crippen LogP contribution < -0.4 is 10.9 Å². The molecule has 1 aliphatic heterocycles. The molecule has 0 amide bonds. The molecule has 0 spiro atoms. The lowest BCUT2D eigenvalue weighted by molar-refractivity contribution is 0.320. The summed E-state index contributed by atoms with van der Waals surface area (Å²) in [6, 6.07) is 0.132. The van der Waals surface area contributed by atoms with Gasteiger partial charge in [0.25, 0.3) is 10.2 Å². The highest BCUT2D eigenvalue weighted by Crippen LogP contribution is 2.09. The molecule has 1 rings (SSSR count). The van der Waals surface area contributed by atoms with Gasteiger partial charge in [-0.1, -0.05) is 0 Å². The van der Waals surface area contributed by atoms with Crippen molar-refractivity contribution in [2.24, 2.45) is 10.9 Å². The SMILES string of the molecule is NC1CCN(S(N)(=O)=O)CC1. The molecule has 0 radical (unpaired) electrons. The van der Waals surface area contributed by atoms with Crippen LogP contribution in [-0.4, -0.2) is 31.9 Å². The minimum absolute atomic E-state index is 0.132. The first-order valence-electron chi connectivity index (χ1n) is 3.53. The standard InChI is InChI=1S/C5H13N3O2S/c6-5-1-3-8(4-2-5)11(7,9)10/h5H,1-4,6H2,(H2,7,9,10). The van der Waals surface area contributed by atoms with Crippen LogP contribution in [0.25, 0.3) is 0 Å². The average Bonchev–Trinajstić information content (AvgIpc) is 1.86. The smallest absolute Gasteiger partial charge is 0.276 e. The number of nitrogens with two attached hydrogens (primary N) is 2. The lowest BCUT2D eigenvalue weighted by Crippen LogP contribution is -2.45. The van der Waals surface area contributed by atoms with Gasteiger partial charge < -0.3 is 5.73 Å². The molecular formula is C5H13N3O2S. The maximum atomic E-state index is 10.8. The zero-order valence-corrected chi connectivity index (χ0v) is 7.05. The van der Waals surface area contributed by atoms with Gasteiger partial charge in [0.15, 0.2) is 0 Å². The first-order chi connectivity index (χ1) is 5.00. The molecule has 0 bridgehead atoms. The van der Waals surface area contributed by atoms with E-state index in [0.29, 0.717) is 25.9 Å². The van der Waals surface area contributed by atoms with Crippen LogP contribution >= 0.6 is 0 Å². The zero-order valence-electron chi connectivity index (χ0n) is 6.23. The second kappa shape index (κ2) is 3.06. The van der Waals surface area contributed by atoms with Crippen molar-refractivity contribution in [2.75, 3.05) is 13.1 Å². The van der Waals surface area contributed by atoms with Crippen molar-refractivity contribution in [2.45, 2.75) is 18.9 Å². The second-order valence-corrected chi connectivity index (χ2v) is 4.33. The number of rotatable bonds is 1. The van der Waals surface area contributed by atoms with Crippen molar-refractivity contribution in [1.29, 1.82) is 0 Å². The quantitative estimate of drug-likeness (QED) is 0.519. The van der Waals surface area contributed by atoms with Crippen molar-refractivity contribution in [3.8, 4) is 0 Å². The summed E-state index contributed by atoms with van der Waals surface area (Å²) in [5.41, 5.74) is 5.58. The highest BCUT2D eigenvalue weighted by Gasteiger charge is 2.22. The maximum absolute atomic E-state index is 10.8. The predicted octanol–water partition coefficient (Wildman–Crippen LogP) is -1.39. The molecule has 0 atom stereocenters. The van der Waals surface area contributed by atoms with E-state index in [9.17, 15) is 8.42 Å². The fraction of sp³-hybridized carbons (Fsp3) is 1.00. The van der Waals surface area contributed by atoms with Crippen LogP contribution in [0, 0.1) is 0 Å². The third-order valence-corrected chi connectivity index (χ3v) is 2.94. The van der Waals surface area contributed by atoms with E-state index in [2.05, 4.69) is 0 Å². The molecule has 4 N–H and O–H groups in total. The topological polar surface area (TPSA) is 89.4 Å². The van der Waals surface area contributed by atoms with Crippen molar-refractivity contribution in [3.63, 3.8) is 0 Å². The molecule has 0 aliphatic carbocycles. The summed E-state index contributed by atoms with van der Waals surface area (Å²) in [7, 11) is -3.47. The molecule has 0 unspecified atom stereocenters. The molecule has 11 heavy (non-hydrogen) atoms. The molecule has 6 heteroatoms. The molecule has 0 aromatic carbocycles. The van der Waals surface area contributed by atoms with Crippen molar-refractivity contribution in [3.05, 3.63) is 0 Å². The third-order valence-electron chi connectivity index (χ3n) is 1.86. The monoisotopic (exact) mass is 179 g/mol. The summed E-state index contributed by atoms with van der Waals surface area (Å²) in [5.74, 6) is 0. The van der Waals surface area contributed by atoms with Gasteiger partial charge in [0.05, 0.1) is 0 Å². The molecule has 0 aromatic heterocycles. The Bertz CT molecular complexity index is 218. The average molecular weight is 179 g/mol. The Morgan fingerprint density at radius 3 is 2.09 bits per heavy atom. The van der Waals surface area contributed by atoms with E-state index < -0.39 is 10.2 Å². The fourth-order valence-corrected chi connectivity index (χ4v) is 1.85. The molecule has 5 nitrogen and oxygen atoms in total. The number of nitrogens with zero attached hydrogens (tertiary/aromatic N) is 1. The number of piperidine rings is 1. The summed E-state index contributed by atoms with van der Waals surface area (Å²) < 4.78 is 22.8. The largest absolute Gasteiger partial charge is 0.328 e. The van der Waals surface area contributed by atoms with Crippen molar-refractivity contribution < 1.29 is 8.42 Å². The van der Waals surface area contributed by atoms with E-state index in [4.69, 9.17) is 10.9 Å². The zero-order chi connectivity index (χ0) is 8.48. The van der Waals surface area contributed by atoms with E-state index in [0.717, 1.165) is 0 Å². The minimum Gasteiger partial charge on any atom is -0.328 e. The van der Waals surface area contributed by atoms with E-state index in [-0.39, 0.29) is 6.04 Å². The first-order valence-corrected chi connectivity index (χ1v) is 5.04. The van der Waals surface area contributed by atoms with E-state index in [1.165, 1.54) is 4.31 Å². The lowest BCUT2D eigenvalue weighted by atomic mass is 10.1. The summed E-state index contributed by atoms with van der Waals surface area (Å²) in [4.78, 5) is 0. The van der Waals surface area contributed by atoms with Crippen LogP contribution in [0.3, 0.4) is 0 Å². The second-order valence-electron chi connectivity index (χ2n) is 2.78. The van der Waals surface area contributed by atoms with Gasteiger partial charge in [-0.2, -0.15) is 12.7 Å². The van der Waals surface area contributed by atoms with Crippen LogP contribution in [0.5, 0.6) is 0 Å². The van der Waals surface area contributed by atoms with Gasteiger partial charge in [-0.05, 0) is 12.8 Å². The predicted molar refractivity (Wildman–Crippen MR) is 41.9 cm³/mol. The Morgan fingerprint density at radius 1 is 1.27 bits per heavy atom. The summed E-state index contributed by atoms with van der Waals surface area (Å²) in [6.45, 7) is 0.917. The molecular weight excluding hydrogens is 166 g/mol. The Balaban J connectivity index is 2.53. The third kappa shape index (κ3) is 2.41. The molecule has 1 saturated heterocycles. The van der Waals surface area contributed by atoms with Crippen LogP contribution in [0.1, 0.15) is 12.8 Å². The van der Waals surface area contributed by atoms with Crippen LogP contribution in [0.15, 0.2) is 0 Å². The Kier molecular flexibility index (Phi) is 2.48. The van der Waals surface area contributed by atoms with Crippen LogP contribution in [-0.2, 0) is 10.2 Å². The normalized spacial score (nSPS) is 23.8. The van der Waals surface area contributed by atoms with Crippen molar-refractivity contribution >= 4 is 10.2 Å². The van der Waals surface area contributed by atoms with Gasteiger partial charge in [0.2, 0.25) is 0 Å². The highest BCUT2D eigenvalue weighted by atomic mass is 32.2. The van der Waals surface area contributed by atoms with Gasteiger partial charge >= 0.3 is 0 Å². The van der Waals surface area contributed by atoms with Gasteiger partial charge in [-0.15, -0.1) is 0 Å². The number of hydrogen-bond donors (Lipinski definition) is 2. The summed E-state index contributed by atoms with van der Waals surface area (Å²) in [6.07, 6.45) is 1.41. The van der Waals surface area contributed by atoms with E-state index in [1.54, 1.807) is 0 Å². The molecule has 1 aliphatic rings. The van der Waals surface area contributed by atoms with Crippen LogP contribution in [0.4, 0.5) is 0 Å². The maximum Gasteiger partial charge on any atom is 0.276 e. The molecule has 66 valence electrons. The molecule has 0 saturated carbocycles. The fourth-order valence-electron chi connectivity index (χ4n) is 1.13. The Morgan fingerprint density at radius 2 is 1.73 bits per heavy atom. The van der Waals surface area contributed by atoms with E-state index >= 15 is 0 Å². The Hall–Kier alpha value is -0.170. The van der Waals surface area contributed by atoms with Gasteiger partial charge in [-0.25, -0.2) is 5.14 Å². The van der Waals surface area contributed by atoms with Gasteiger partial charge in [0, 0.05) is 19.1 Å². The van der Waals surface area contributed by atoms with Gasteiger partial charge in [-0.3, -0.25) is 0 Å². The first kappa shape index (κ1) is 8.92. The minimum atomic E-state index is -3.47. The molecule has 0 aromatic rings. The Labute approximate surface area is 66.5 Å². The molecule has 1 fully saturated rings. The van der Waals surface area contributed by atoms with E-state index in [1.807, 2.05) is 0 Å². The van der Waals surface area contributed by atoms with Gasteiger partial charge in [0.1, 0.15) is 0 Å². The summed E-state index contributed by atoms with van der Waals surface area (Å²) >= 11 is 0. The number of hydrogen-bond acceptors (Lipinski definition) is 3. The van der Waals surface area contributed by atoms with Crippen LogP contribution in [0.2, 0.25) is 0 Å².